The number of anilines is 1. The minimum absolute atomic E-state index is 0.0200. The van der Waals surface area contributed by atoms with Gasteiger partial charge in [-0.15, -0.1) is 0 Å². The Balaban J connectivity index is 2.12. The third kappa shape index (κ3) is 3.57. The minimum Gasteiger partial charge on any atom is -0.481 e. The molecule has 1 saturated heterocycles. The van der Waals surface area contributed by atoms with Gasteiger partial charge in [-0.2, -0.15) is 13.2 Å². The molecule has 0 bridgehead atoms. The lowest BCUT2D eigenvalue weighted by atomic mass is 9.90. The fraction of sp³-hybridized carbons (Fsp3) is 0.467. The Hall–Kier alpha value is -2.25. The first-order chi connectivity index (χ1) is 10.5. The van der Waals surface area contributed by atoms with E-state index >= 15 is 0 Å². The average molecular weight is 330 g/mol. The number of carboxylic acid groups (broad SMARTS) is 1. The van der Waals surface area contributed by atoms with Gasteiger partial charge in [-0.3, -0.25) is 4.79 Å². The molecular formula is C15H17F3N2O3. The number of halogens is 3. The van der Waals surface area contributed by atoms with Crippen molar-refractivity contribution >= 4 is 17.7 Å². The van der Waals surface area contributed by atoms with Crippen LogP contribution in [0.25, 0.3) is 0 Å². The van der Waals surface area contributed by atoms with E-state index in [0.29, 0.717) is 6.42 Å². The molecule has 2 N–H and O–H groups in total. The number of benzene rings is 1. The Labute approximate surface area is 131 Å². The van der Waals surface area contributed by atoms with E-state index in [1.54, 1.807) is 0 Å². The molecule has 1 atom stereocenters. The Morgan fingerprint density at radius 1 is 1.35 bits per heavy atom. The van der Waals surface area contributed by atoms with E-state index in [4.69, 9.17) is 5.11 Å². The van der Waals surface area contributed by atoms with E-state index in [-0.39, 0.29) is 24.3 Å². The van der Waals surface area contributed by atoms with Gasteiger partial charge in [0.2, 0.25) is 0 Å². The molecule has 0 radical (unpaired) electrons. The lowest BCUT2D eigenvalue weighted by Crippen LogP contribution is -2.37. The largest absolute Gasteiger partial charge is 0.481 e. The van der Waals surface area contributed by atoms with Crippen molar-refractivity contribution in [1.29, 1.82) is 0 Å². The highest BCUT2D eigenvalue weighted by Crippen LogP contribution is 2.34. The molecule has 126 valence electrons. The van der Waals surface area contributed by atoms with Gasteiger partial charge in [-0.1, -0.05) is 6.07 Å². The number of aryl methyl sites for hydroxylation is 1. The number of hydrogen-bond acceptors (Lipinski definition) is 2. The number of carboxylic acids is 1. The maximum atomic E-state index is 12.9. The van der Waals surface area contributed by atoms with Crippen LogP contribution >= 0.6 is 0 Å². The zero-order valence-corrected chi connectivity index (χ0v) is 12.7. The third-order valence-corrected chi connectivity index (χ3v) is 4.07. The van der Waals surface area contributed by atoms with Gasteiger partial charge in [0, 0.05) is 18.8 Å². The first-order valence-corrected chi connectivity index (χ1v) is 7.00. The molecule has 1 fully saturated rings. The highest BCUT2D eigenvalue weighted by molar-refractivity contribution is 5.90. The van der Waals surface area contributed by atoms with E-state index in [1.807, 2.05) is 0 Å². The summed E-state index contributed by atoms with van der Waals surface area (Å²) in [6, 6.07) is 2.94. The monoisotopic (exact) mass is 330 g/mol. The van der Waals surface area contributed by atoms with Gasteiger partial charge in [0.15, 0.2) is 0 Å². The summed E-state index contributed by atoms with van der Waals surface area (Å²) in [5, 5.41) is 11.5. The zero-order chi connectivity index (χ0) is 17.4. The van der Waals surface area contributed by atoms with Crippen molar-refractivity contribution in [3.8, 4) is 0 Å². The number of nitrogens with zero attached hydrogens (tertiary/aromatic N) is 1. The van der Waals surface area contributed by atoms with Gasteiger partial charge >= 0.3 is 18.2 Å². The van der Waals surface area contributed by atoms with Crippen LogP contribution in [0.1, 0.15) is 24.5 Å². The maximum Gasteiger partial charge on any atom is 0.416 e. The second kappa shape index (κ2) is 5.75. The van der Waals surface area contributed by atoms with Crippen molar-refractivity contribution < 1.29 is 27.9 Å². The number of likely N-dealkylation sites (tertiary alicyclic amines) is 1. The molecule has 1 aromatic carbocycles. The molecule has 23 heavy (non-hydrogen) atoms. The fourth-order valence-electron chi connectivity index (χ4n) is 2.52. The van der Waals surface area contributed by atoms with Gasteiger partial charge in [0.05, 0.1) is 11.0 Å². The average Bonchev–Trinajstić information content (AvgIpc) is 2.84. The summed E-state index contributed by atoms with van der Waals surface area (Å²) in [6.45, 7) is 3.14. The van der Waals surface area contributed by atoms with Crippen molar-refractivity contribution in [2.75, 3.05) is 18.4 Å². The summed E-state index contributed by atoms with van der Waals surface area (Å²) >= 11 is 0. The second-order valence-corrected chi connectivity index (χ2v) is 5.99. The molecule has 2 amide bonds. The van der Waals surface area contributed by atoms with Crippen molar-refractivity contribution in [3.05, 3.63) is 29.3 Å². The third-order valence-electron chi connectivity index (χ3n) is 4.07. The van der Waals surface area contributed by atoms with Crippen LogP contribution < -0.4 is 5.32 Å². The van der Waals surface area contributed by atoms with Crippen LogP contribution in [0.5, 0.6) is 0 Å². The molecule has 1 aliphatic rings. The normalized spacial score (nSPS) is 21.3. The Morgan fingerprint density at radius 3 is 2.52 bits per heavy atom. The van der Waals surface area contributed by atoms with Crippen molar-refractivity contribution in [1.82, 2.24) is 4.90 Å². The van der Waals surface area contributed by atoms with Gasteiger partial charge in [-0.05, 0) is 38.0 Å². The van der Waals surface area contributed by atoms with E-state index in [1.165, 1.54) is 30.9 Å². The molecule has 2 rings (SSSR count). The smallest absolute Gasteiger partial charge is 0.416 e. The Bertz CT molecular complexity index is 645. The molecule has 0 aliphatic carbocycles. The minimum atomic E-state index is -4.50. The van der Waals surface area contributed by atoms with Crippen molar-refractivity contribution in [3.63, 3.8) is 0 Å². The first kappa shape index (κ1) is 17.1. The number of alkyl halides is 3. The molecule has 0 spiro atoms. The second-order valence-electron chi connectivity index (χ2n) is 5.99. The first-order valence-electron chi connectivity index (χ1n) is 7.00. The number of carbonyl (C=O) groups excluding carboxylic acids is 1. The molecular weight excluding hydrogens is 313 g/mol. The van der Waals surface area contributed by atoms with E-state index < -0.39 is 29.2 Å². The van der Waals surface area contributed by atoms with Crippen LogP contribution in [0.4, 0.5) is 23.7 Å². The SMILES string of the molecule is Cc1ccc(NC(=O)N2CCC(C)(C(=O)O)C2)cc1C(F)(F)F. The Kier molecular flexibility index (Phi) is 4.28. The predicted molar refractivity (Wildman–Crippen MR) is 77.1 cm³/mol. The number of aliphatic carboxylic acids is 1. The highest BCUT2D eigenvalue weighted by atomic mass is 19.4. The van der Waals surface area contributed by atoms with Crippen LogP contribution in [-0.2, 0) is 11.0 Å². The van der Waals surface area contributed by atoms with Crippen LogP contribution in [0.2, 0.25) is 0 Å². The summed E-state index contributed by atoms with van der Waals surface area (Å²) in [6.07, 6.45) is -4.20. The fourth-order valence-corrected chi connectivity index (χ4v) is 2.52. The molecule has 1 unspecified atom stereocenters. The van der Waals surface area contributed by atoms with Crippen LogP contribution in [0, 0.1) is 12.3 Å². The van der Waals surface area contributed by atoms with Crippen LogP contribution in [-0.4, -0.2) is 35.1 Å². The van der Waals surface area contributed by atoms with Crippen LogP contribution in [0.3, 0.4) is 0 Å². The van der Waals surface area contributed by atoms with Gasteiger partial charge in [0.1, 0.15) is 0 Å². The number of hydrogen-bond donors (Lipinski definition) is 2. The summed E-state index contributed by atoms with van der Waals surface area (Å²) in [5.74, 6) is -0.998. The molecule has 0 aromatic heterocycles. The summed E-state index contributed by atoms with van der Waals surface area (Å²) in [4.78, 5) is 24.6. The molecule has 1 aromatic rings. The topological polar surface area (TPSA) is 69.6 Å². The quantitative estimate of drug-likeness (QED) is 0.874. The zero-order valence-electron chi connectivity index (χ0n) is 12.7. The van der Waals surface area contributed by atoms with E-state index in [2.05, 4.69) is 5.32 Å². The van der Waals surface area contributed by atoms with E-state index in [0.717, 1.165) is 6.07 Å². The summed E-state index contributed by atoms with van der Waals surface area (Å²) < 4.78 is 38.6. The lowest BCUT2D eigenvalue weighted by molar-refractivity contribution is -0.147. The molecule has 1 heterocycles. The standard InChI is InChI=1S/C15H17F3N2O3/c1-9-3-4-10(7-11(9)15(16,17)18)19-13(23)20-6-5-14(2,8-20)12(21)22/h3-4,7H,5-6,8H2,1-2H3,(H,19,23)(H,21,22). The molecule has 1 aliphatic heterocycles. The predicted octanol–water partition coefficient (Wildman–Crippen LogP) is 3.34. The number of rotatable bonds is 2. The van der Waals surface area contributed by atoms with Crippen molar-refractivity contribution in [2.24, 2.45) is 5.41 Å². The van der Waals surface area contributed by atoms with E-state index in [9.17, 15) is 22.8 Å². The molecule has 0 saturated carbocycles. The van der Waals surface area contributed by atoms with Gasteiger partial charge < -0.3 is 15.3 Å². The van der Waals surface area contributed by atoms with Crippen molar-refractivity contribution in [2.45, 2.75) is 26.4 Å². The van der Waals surface area contributed by atoms with Gasteiger partial charge in [0.25, 0.3) is 0 Å². The molecule has 8 heteroatoms. The number of carbonyl (C=O) groups is 2. The summed E-state index contributed by atoms with van der Waals surface area (Å²) in [5.41, 5.74) is -1.75. The Morgan fingerprint density at radius 2 is 2.00 bits per heavy atom. The number of nitrogens with one attached hydrogen (secondary N) is 1. The molecule has 5 nitrogen and oxygen atoms in total. The maximum absolute atomic E-state index is 12.9. The highest BCUT2D eigenvalue weighted by Gasteiger charge is 2.42. The summed E-state index contributed by atoms with van der Waals surface area (Å²) in [7, 11) is 0. The van der Waals surface area contributed by atoms with Crippen LogP contribution in [0.15, 0.2) is 18.2 Å². The lowest BCUT2D eigenvalue weighted by Gasteiger charge is -2.21. The van der Waals surface area contributed by atoms with Gasteiger partial charge in [-0.25, -0.2) is 4.79 Å². The number of urea groups is 1. The number of amides is 2.